The van der Waals surface area contributed by atoms with Crippen molar-refractivity contribution in [3.8, 4) is 0 Å². The number of hydrogen-bond acceptors (Lipinski definition) is 3. The summed E-state index contributed by atoms with van der Waals surface area (Å²) in [5, 5.41) is 2.76. The molecule has 70 valence electrons. The van der Waals surface area contributed by atoms with Crippen molar-refractivity contribution in [3.63, 3.8) is 0 Å². The van der Waals surface area contributed by atoms with E-state index in [9.17, 15) is 4.79 Å². The molecule has 0 radical (unpaired) electrons. The maximum Gasteiger partial charge on any atom is 0.317 e. The second-order valence-electron chi connectivity index (χ2n) is 2.55. The van der Waals surface area contributed by atoms with Gasteiger partial charge in [0.15, 0.2) is 0 Å². The molecule has 1 aliphatic rings. The molecule has 12 heavy (non-hydrogen) atoms. The maximum atomic E-state index is 11.3. The molecule has 0 saturated carbocycles. The smallest absolute Gasteiger partial charge is 0.317 e. The summed E-state index contributed by atoms with van der Waals surface area (Å²) in [6, 6.07) is -0.00708. The van der Waals surface area contributed by atoms with Gasteiger partial charge in [-0.25, -0.2) is 4.79 Å². The highest BCUT2D eigenvalue weighted by molar-refractivity contribution is 7.80. The Morgan fingerprint density at radius 1 is 1.50 bits per heavy atom. The molecule has 0 unspecified atom stereocenters. The molecular weight excluding hydrogens is 176 g/mol. The lowest BCUT2D eigenvalue weighted by molar-refractivity contribution is 0.0534. The van der Waals surface area contributed by atoms with E-state index in [1.54, 1.807) is 4.90 Å². The van der Waals surface area contributed by atoms with Crippen LogP contribution in [0.4, 0.5) is 4.79 Å². The topological polar surface area (TPSA) is 41.6 Å². The van der Waals surface area contributed by atoms with Gasteiger partial charge in [-0.05, 0) is 0 Å². The van der Waals surface area contributed by atoms with Gasteiger partial charge in [-0.1, -0.05) is 0 Å². The van der Waals surface area contributed by atoms with Gasteiger partial charge in [0.05, 0.1) is 13.2 Å². The highest BCUT2D eigenvalue weighted by Crippen LogP contribution is 1.96. The molecule has 1 heterocycles. The number of hydrogen-bond donors (Lipinski definition) is 2. The Labute approximate surface area is 77.7 Å². The fourth-order valence-electron chi connectivity index (χ4n) is 1.04. The minimum absolute atomic E-state index is 0.00708. The van der Waals surface area contributed by atoms with Crippen molar-refractivity contribution in [3.05, 3.63) is 0 Å². The van der Waals surface area contributed by atoms with Gasteiger partial charge in [-0.15, -0.1) is 0 Å². The minimum atomic E-state index is -0.00708. The first-order chi connectivity index (χ1) is 5.84. The monoisotopic (exact) mass is 190 g/mol. The van der Waals surface area contributed by atoms with Gasteiger partial charge >= 0.3 is 6.03 Å². The Morgan fingerprint density at radius 3 is 2.75 bits per heavy atom. The number of thiol groups is 1. The van der Waals surface area contributed by atoms with E-state index in [-0.39, 0.29) is 6.03 Å². The van der Waals surface area contributed by atoms with E-state index in [1.807, 2.05) is 0 Å². The molecule has 1 saturated heterocycles. The Balaban J connectivity index is 2.20. The normalized spacial score (nSPS) is 17.6. The summed E-state index contributed by atoms with van der Waals surface area (Å²) in [4.78, 5) is 13.0. The number of carbonyl (C=O) groups is 1. The minimum Gasteiger partial charge on any atom is -0.378 e. The molecule has 0 spiro atoms. The fourth-order valence-corrected chi connectivity index (χ4v) is 1.15. The van der Waals surface area contributed by atoms with E-state index in [2.05, 4.69) is 17.9 Å². The molecule has 2 amide bonds. The van der Waals surface area contributed by atoms with Gasteiger partial charge in [-0.3, -0.25) is 0 Å². The van der Waals surface area contributed by atoms with Crippen LogP contribution >= 0.6 is 12.6 Å². The molecule has 1 N–H and O–H groups in total. The lowest BCUT2D eigenvalue weighted by Gasteiger charge is -2.26. The van der Waals surface area contributed by atoms with Crippen LogP contribution in [0.15, 0.2) is 0 Å². The molecule has 4 nitrogen and oxygen atoms in total. The summed E-state index contributed by atoms with van der Waals surface area (Å²) in [5.41, 5.74) is 0. The standard InChI is InChI=1S/C7H14N2O2S/c10-7(8-1-6-12)9-2-4-11-5-3-9/h12H,1-6H2,(H,8,10). The molecule has 0 aromatic carbocycles. The van der Waals surface area contributed by atoms with Gasteiger partial charge in [0, 0.05) is 25.4 Å². The van der Waals surface area contributed by atoms with Crippen molar-refractivity contribution >= 4 is 18.7 Å². The number of carbonyl (C=O) groups excluding carboxylic acids is 1. The average molecular weight is 190 g/mol. The number of nitrogens with one attached hydrogen (secondary N) is 1. The van der Waals surface area contributed by atoms with Crippen molar-refractivity contribution in [2.75, 3.05) is 38.6 Å². The summed E-state index contributed by atoms with van der Waals surface area (Å²) >= 11 is 4.00. The van der Waals surface area contributed by atoms with Crippen LogP contribution in [0.2, 0.25) is 0 Å². The molecule has 1 fully saturated rings. The van der Waals surface area contributed by atoms with Crippen LogP contribution in [0.5, 0.6) is 0 Å². The third-order valence-corrected chi connectivity index (χ3v) is 1.91. The summed E-state index contributed by atoms with van der Waals surface area (Å²) in [6.07, 6.45) is 0. The van der Waals surface area contributed by atoms with Crippen molar-refractivity contribution in [1.29, 1.82) is 0 Å². The van der Waals surface area contributed by atoms with Crippen molar-refractivity contribution in [1.82, 2.24) is 10.2 Å². The lowest BCUT2D eigenvalue weighted by atomic mass is 10.4. The van der Waals surface area contributed by atoms with Gasteiger partial charge in [-0.2, -0.15) is 12.6 Å². The predicted molar refractivity (Wildman–Crippen MR) is 49.6 cm³/mol. The summed E-state index contributed by atoms with van der Waals surface area (Å²) in [7, 11) is 0. The van der Waals surface area contributed by atoms with Gasteiger partial charge in [0.25, 0.3) is 0 Å². The van der Waals surface area contributed by atoms with Gasteiger partial charge in [0.1, 0.15) is 0 Å². The maximum absolute atomic E-state index is 11.3. The van der Waals surface area contributed by atoms with E-state index < -0.39 is 0 Å². The van der Waals surface area contributed by atoms with Crippen LogP contribution in [-0.2, 0) is 4.74 Å². The van der Waals surface area contributed by atoms with Crippen LogP contribution in [0.25, 0.3) is 0 Å². The Hall–Kier alpha value is -0.420. The van der Waals surface area contributed by atoms with E-state index >= 15 is 0 Å². The van der Waals surface area contributed by atoms with Gasteiger partial charge in [0.2, 0.25) is 0 Å². The average Bonchev–Trinajstić information content (AvgIpc) is 2.15. The fraction of sp³-hybridized carbons (Fsp3) is 0.857. The van der Waals surface area contributed by atoms with E-state index in [1.165, 1.54) is 0 Å². The molecule has 0 bridgehead atoms. The number of urea groups is 1. The highest BCUT2D eigenvalue weighted by Gasteiger charge is 2.15. The third kappa shape index (κ3) is 2.91. The number of morpholine rings is 1. The van der Waals surface area contributed by atoms with Crippen molar-refractivity contribution in [2.45, 2.75) is 0 Å². The quantitative estimate of drug-likeness (QED) is 0.600. The van der Waals surface area contributed by atoms with E-state index in [0.29, 0.717) is 38.6 Å². The molecular formula is C7H14N2O2S. The summed E-state index contributed by atoms with van der Waals surface area (Å²) < 4.78 is 5.12. The van der Waals surface area contributed by atoms with Crippen molar-refractivity contribution < 1.29 is 9.53 Å². The molecule has 5 heteroatoms. The molecule has 0 aliphatic carbocycles. The zero-order chi connectivity index (χ0) is 8.81. The Morgan fingerprint density at radius 2 is 2.17 bits per heavy atom. The van der Waals surface area contributed by atoms with Crippen LogP contribution in [0.1, 0.15) is 0 Å². The summed E-state index contributed by atoms with van der Waals surface area (Å²) in [5.74, 6) is 0.677. The molecule has 1 rings (SSSR count). The number of nitrogens with zero attached hydrogens (tertiary/aromatic N) is 1. The van der Waals surface area contributed by atoms with E-state index in [0.717, 1.165) is 0 Å². The number of ether oxygens (including phenoxy) is 1. The molecule has 1 aliphatic heterocycles. The third-order valence-electron chi connectivity index (χ3n) is 1.69. The predicted octanol–water partition coefficient (Wildman–Crippen LogP) is -0.0420. The van der Waals surface area contributed by atoms with Crippen LogP contribution < -0.4 is 5.32 Å². The van der Waals surface area contributed by atoms with Gasteiger partial charge < -0.3 is 15.0 Å². The second kappa shape index (κ2) is 5.27. The van der Waals surface area contributed by atoms with Crippen LogP contribution in [-0.4, -0.2) is 49.5 Å². The number of rotatable bonds is 2. The van der Waals surface area contributed by atoms with Crippen LogP contribution in [0, 0.1) is 0 Å². The Bertz CT molecular complexity index is 148. The van der Waals surface area contributed by atoms with Crippen LogP contribution in [0.3, 0.4) is 0 Å². The zero-order valence-corrected chi connectivity index (χ0v) is 7.85. The highest BCUT2D eigenvalue weighted by atomic mass is 32.1. The lowest BCUT2D eigenvalue weighted by Crippen LogP contribution is -2.46. The molecule has 0 aromatic heterocycles. The van der Waals surface area contributed by atoms with E-state index in [4.69, 9.17) is 4.74 Å². The first-order valence-corrected chi connectivity index (χ1v) is 4.69. The SMILES string of the molecule is O=C(NCCS)N1CCOCC1. The number of amides is 2. The molecule has 0 aromatic rings. The van der Waals surface area contributed by atoms with Crippen molar-refractivity contribution in [2.24, 2.45) is 0 Å². The largest absolute Gasteiger partial charge is 0.378 e. The first-order valence-electron chi connectivity index (χ1n) is 4.06. The molecule has 0 atom stereocenters. The first kappa shape index (κ1) is 9.67. The zero-order valence-electron chi connectivity index (χ0n) is 6.95. The Kier molecular flexibility index (Phi) is 4.24. The summed E-state index contributed by atoms with van der Waals surface area (Å²) in [6.45, 7) is 3.30. The second-order valence-corrected chi connectivity index (χ2v) is 3.00.